The van der Waals surface area contributed by atoms with Crippen LogP contribution in [-0.4, -0.2) is 41.1 Å². The Morgan fingerprint density at radius 2 is 2.04 bits per heavy atom. The molecule has 0 radical (unpaired) electrons. The maximum atomic E-state index is 12.3. The third-order valence-corrected chi connectivity index (χ3v) is 4.83. The summed E-state index contributed by atoms with van der Waals surface area (Å²) in [5, 5.41) is 10.8. The van der Waals surface area contributed by atoms with Crippen molar-refractivity contribution >= 4 is 5.97 Å². The van der Waals surface area contributed by atoms with E-state index < -0.39 is 29.4 Å². The van der Waals surface area contributed by atoms with Crippen LogP contribution in [0.5, 0.6) is 5.75 Å². The number of rotatable bonds is 4. The average molecular weight is 350 g/mol. The van der Waals surface area contributed by atoms with Crippen molar-refractivity contribution in [3.63, 3.8) is 0 Å². The highest BCUT2D eigenvalue weighted by Crippen LogP contribution is 2.55. The van der Waals surface area contributed by atoms with Gasteiger partial charge in [0.25, 0.3) is 0 Å². The second-order valence-electron chi connectivity index (χ2n) is 6.59. The van der Waals surface area contributed by atoms with Crippen molar-refractivity contribution in [2.75, 3.05) is 6.61 Å². The van der Waals surface area contributed by atoms with Crippen LogP contribution in [-0.2, 0) is 14.3 Å². The predicted octanol–water partition coefficient (Wildman–Crippen LogP) is 1.61. The van der Waals surface area contributed by atoms with Gasteiger partial charge in [-0.15, -0.1) is 0 Å². The molecule has 0 aromatic heterocycles. The first-order valence-corrected chi connectivity index (χ1v) is 8.59. The molecule has 0 unspecified atom stereocenters. The minimum Gasteiger partial charge on any atom is -0.482 e. The average Bonchev–Trinajstić information content (AvgIpc) is 3.40. The molecule has 1 aromatic carbocycles. The molecule has 0 spiro atoms. The van der Waals surface area contributed by atoms with Gasteiger partial charge in [0, 0.05) is 0 Å². The lowest BCUT2D eigenvalue weighted by atomic mass is 9.76. The highest BCUT2D eigenvalue weighted by atomic mass is 16.7. The molecule has 132 valence electrons. The van der Waals surface area contributed by atoms with E-state index in [-0.39, 0.29) is 6.61 Å². The molecule has 1 saturated carbocycles. The molecule has 2 fully saturated rings. The number of para-hydroxylation sites is 1. The Bertz CT molecular complexity index is 853. The van der Waals surface area contributed by atoms with Gasteiger partial charge in [-0.25, -0.2) is 4.79 Å². The van der Waals surface area contributed by atoms with E-state index in [1.54, 1.807) is 24.3 Å². The highest BCUT2D eigenvalue weighted by molar-refractivity contribution is 5.72. The summed E-state index contributed by atoms with van der Waals surface area (Å²) in [6.07, 6.45) is 3.81. The second kappa shape index (κ2) is 6.53. The van der Waals surface area contributed by atoms with Gasteiger partial charge in [-0.2, -0.15) is 0 Å². The Balaban J connectivity index is 1.48. The molecule has 4 rings (SSSR count). The molecule has 26 heavy (non-hydrogen) atoms. The van der Waals surface area contributed by atoms with Crippen LogP contribution in [0.1, 0.15) is 19.3 Å². The summed E-state index contributed by atoms with van der Waals surface area (Å²) in [4.78, 5) is 12.3. The maximum absolute atomic E-state index is 12.3. The van der Waals surface area contributed by atoms with Crippen LogP contribution in [0, 0.1) is 23.7 Å². The molecule has 5 nitrogen and oxygen atoms in total. The molecular formula is C21H18O5. The van der Waals surface area contributed by atoms with Gasteiger partial charge in [0.1, 0.15) is 17.5 Å². The third-order valence-electron chi connectivity index (χ3n) is 4.83. The number of allylic oxidation sites excluding steroid dienone is 2. The Morgan fingerprint density at radius 1 is 1.23 bits per heavy atom. The summed E-state index contributed by atoms with van der Waals surface area (Å²) in [6, 6.07) is 9.04. The summed E-state index contributed by atoms with van der Waals surface area (Å²) in [7, 11) is 0. The standard InChI is InChI=1S/C21H18O5/c22-18(15-24-16-9-4-3-5-10-16)25-17-11-6-1-2-7-12-20(23)13-8-14-21(17)19(20)26-21/h1-5,9-10,17,19,23H,8,13-15H2/b2-1-/t17-,19-,20+,21+/m1/s1. The molecule has 1 aliphatic heterocycles. The fraction of sp³-hybridized carbons (Fsp3) is 0.381. The molecule has 1 aromatic rings. The monoisotopic (exact) mass is 350 g/mol. The van der Waals surface area contributed by atoms with E-state index in [2.05, 4.69) is 23.7 Å². The largest absolute Gasteiger partial charge is 0.482 e. The van der Waals surface area contributed by atoms with E-state index in [9.17, 15) is 9.90 Å². The van der Waals surface area contributed by atoms with Gasteiger partial charge >= 0.3 is 5.97 Å². The van der Waals surface area contributed by atoms with Crippen molar-refractivity contribution < 1.29 is 24.1 Å². The third kappa shape index (κ3) is 3.08. The molecular weight excluding hydrogens is 332 g/mol. The Hall–Kier alpha value is -2.73. The lowest BCUT2D eigenvalue weighted by Gasteiger charge is -2.30. The summed E-state index contributed by atoms with van der Waals surface area (Å²) in [6.45, 7) is -0.219. The number of aliphatic hydroxyl groups is 1. The first kappa shape index (κ1) is 16.7. The molecule has 3 aliphatic rings. The second-order valence-corrected chi connectivity index (χ2v) is 6.59. The molecule has 2 aliphatic carbocycles. The number of hydrogen-bond donors (Lipinski definition) is 1. The quantitative estimate of drug-likeness (QED) is 0.508. The van der Waals surface area contributed by atoms with Crippen LogP contribution in [0.2, 0.25) is 0 Å². The van der Waals surface area contributed by atoms with Crippen molar-refractivity contribution in [3.05, 3.63) is 42.5 Å². The number of esters is 1. The van der Waals surface area contributed by atoms with Crippen LogP contribution in [0.25, 0.3) is 0 Å². The number of ether oxygens (including phenoxy) is 3. The van der Waals surface area contributed by atoms with Gasteiger partial charge in [0.05, 0.1) is 0 Å². The van der Waals surface area contributed by atoms with Crippen molar-refractivity contribution in [2.45, 2.75) is 42.7 Å². The normalized spacial score (nSPS) is 34.7. The van der Waals surface area contributed by atoms with Crippen molar-refractivity contribution in [1.29, 1.82) is 0 Å². The zero-order chi connectivity index (χ0) is 18.0. The van der Waals surface area contributed by atoms with Gasteiger partial charge in [0.2, 0.25) is 0 Å². The van der Waals surface area contributed by atoms with Crippen molar-refractivity contribution in [1.82, 2.24) is 0 Å². The zero-order valence-electron chi connectivity index (χ0n) is 14.1. The van der Waals surface area contributed by atoms with Gasteiger partial charge < -0.3 is 19.3 Å². The SMILES string of the molecule is O=C(COc1ccccc1)O[C@@H]1C#C/C=C\C#C[C@]2(O)CCC[C@]13O[C@@H]32. The Labute approximate surface area is 151 Å². The Kier molecular flexibility index (Phi) is 4.20. The molecule has 1 saturated heterocycles. The number of epoxide rings is 1. The molecule has 1 N–H and O–H groups in total. The summed E-state index contributed by atoms with van der Waals surface area (Å²) >= 11 is 0. The van der Waals surface area contributed by atoms with E-state index in [1.807, 2.05) is 18.2 Å². The number of hydrogen-bond acceptors (Lipinski definition) is 5. The topological polar surface area (TPSA) is 68.3 Å². The number of benzene rings is 1. The molecule has 0 amide bonds. The molecule has 1 heterocycles. The van der Waals surface area contributed by atoms with Gasteiger partial charge in [-0.3, -0.25) is 0 Å². The van der Waals surface area contributed by atoms with E-state index in [1.165, 1.54) is 0 Å². The summed E-state index contributed by atoms with van der Waals surface area (Å²) in [5.74, 6) is 11.5. The van der Waals surface area contributed by atoms with Crippen LogP contribution in [0.4, 0.5) is 0 Å². The minimum atomic E-state index is -1.23. The minimum absolute atomic E-state index is 0.219. The fourth-order valence-electron chi connectivity index (χ4n) is 3.55. The van der Waals surface area contributed by atoms with Crippen molar-refractivity contribution in [3.8, 4) is 29.4 Å². The summed E-state index contributed by atoms with van der Waals surface area (Å²) < 4.78 is 16.8. The van der Waals surface area contributed by atoms with Gasteiger partial charge in [-0.05, 0) is 43.5 Å². The molecule has 2 bridgehead atoms. The van der Waals surface area contributed by atoms with E-state index in [0.717, 1.165) is 6.42 Å². The van der Waals surface area contributed by atoms with Gasteiger partial charge in [0.15, 0.2) is 18.3 Å². The van der Waals surface area contributed by atoms with E-state index >= 15 is 0 Å². The Morgan fingerprint density at radius 3 is 2.88 bits per heavy atom. The van der Waals surface area contributed by atoms with E-state index in [0.29, 0.717) is 18.6 Å². The maximum Gasteiger partial charge on any atom is 0.345 e. The predicted molar refractivity (Wildman–Crippen MR) is 92.9 cm³/mol. The van der Waals surface area contributed by atoms with Crippen LogP contribution < -0.4 is 4.74 Å². The summed E-state index contributed by atoms with van der Waals surface area (Å²) in [5.41, 5.74) is -2.02. The van der Waals surface area contributed by atoms with Crippen LogP contribution in [0.15, 0.2) is 42.5 Å². The highest BCUT2D eigenvalue weighted by Gasteiger charge is 2.72. The molecule has 4 atom stereocenters. The lowest BCUT2D eigenvalue weighted by Crippen LogP contribution is -2.47. The number of carbonyl (C=O) groups excluding carboxylic acids is 1. The molecule has 5 heteroatoms. The first-order valence-electron chi connectivity index (χ1n) is 8.59. The lowest BCUT2D eigenvalue weighted by molar-refractivity contribution is -0.152. The van der Waals surface area contributed by atoms with Gasteiger partial charge in [-0.1, -0.05) is 41.9 Å². The van der Waals surface area contributed by atoms with Crippen LogP contribution >= 0.6 is 0 Å². The van der Waals surface area contributed by atoms with Crippen molar-refractivity contribution in [2.24, 2.45) is 0 Å². The van der Waals surface area contributed by atoms with Crippen LogP contribution in [0.3, 0.4) is 0 Å². The number of carbonyl (C=O) groups is 1. The first-order chi connectivity index (χ1) is 12.6. The zero-order valence-corrected chi connectivity index (χ0v) is 14.1. The van der Waals surface area contributed by atoms with E-state index in [4.69, 9.17) is 14.2 Å². The fourth-order valence-corrected chi connectivity index (χ4v) is 3.55. The smallest absolute Gasteiger partial charge is 0.345 e.